The summed E-state index contributed by atoms with van der Waals surface area (Å²) in [7, 11) is 0. The molecule has 5 rings (SSSR count). The summed E-state index contributed by atoms with van der Waals surface area (Å²) in [5.41, 5.74) is 0.834. The number of rotatable bonds is 3. The van der Waals surface area contributed by atoms with Crippen molar-refractivity contribution in [2.75, 3.05) is 36.4 Å². The summed E-state index contributed by atoms with van der Waals surface area (Å²) in [6.07, 6.45) is 2.81. The molecule has 1 saturated heterocycles. The van der Waals surface area contributed by atoms with Gasteiger partial charge in [0, 0.05) is 37.1 Å². The Hall–Kier alpha value is -3.98. The van der Waals surface area contributed by atoms with Crippen molar-refractivity contribution in [3.63, 3.8) is 0 Å². The summed E-state index contributed by atoms with van der Waals surface area (Å²) in [4.78, 5) is 24.6. The van der Waals surface area contributed by atoms with E-state index in [4.69, 9.17) is 11.6 Å². The number of halogens is 3. The number of phenols is 1. The summed E-state index contributed by atoms with van der Waals surface area (Å²) in [6.45, 7) is 9.15. The Morgan fingerprint density at radius 1 is 1.20 bits per heavy atom. The summed E-state index contributed by atoms with van der Waals surface area (Å²) < 4.78 is 30.6. The minimum Gasteiger partial charge on any atom is -0.507 e. The number of aromatic nitrogens is 1. The number of piperazine rings is 1. The fourth-order valence-electron chi connectivity index (χ4n) is 4.43. The summed E-state index contributed by atoms with van der Waals surface area (Å²) in [5, 5.41) is 13.6. The molecule has 1 amide bonds. The van der Waals surface area contributed by atoms with E-state index in [-0.39, 0.29) is 33.4 Å². The number of phenolic OH excluding ortho intramolecular Hbond substituents is 1. The molecule has 0 unspecified atom stereocenters. The number of amides is 1. The average Bonchev–Trinajstić information content (AvgIpc) is 2.84. The van der Waals surface area contributed by atoms with Gasteiger partial charge in [-0.25, -0.2) is 18.8 Å². The monoisotopic (exact) mass is 495 g/mol. The highest BCUT2D eigenvalue weighted by molar-refractivity contribution is 6.34. The predicted octanol–water partition coefficient (Wildman–Crippen LogP) is 5.02. The van der Waals surface area contributed by atoms with Crippen LogP contribution in [0.2, 0.25) is 5.02 Å². The summed E-state index contributed by atoms with van der Waals surface area (Å²) >= 11 is 6.49. The molecule has 35 heavy (non-hydrogen) atoms. The lowest BCUT2D eigenvalue weighted by molar-refractivity contribution is -0.126. The largest absolute Gasteiger partial charge is 0.507 e. The highest BCUT2D eigenvalue weighted by atomic mass is 35.5. The molecule has 0 radical (unpaired) electrons. The Balaban J connectivity index is 1.73. The number of allylic oxidation sites excluding steroid dienone is 1. The first-order chi connectivity index (χ1) is 16.8. The maximum atomic E-state index is 16.0. The van der Waals surface area contributed by atoms with Crippen molar-refractivity contribution >= 4 is 51.8 Å². The van der Waals surface area contributed by atoms with Gasteiger partial charge in [-0.15, -0.1) is 0 Å². The topological polar surface area (TPSA) is 81.1 Å². The second-order valence-corrected chi connectivity index (χ2v) is 8.57. The van der Waals surface area contributed by atoms with Gasteiger partial charge in [0.25, 0.3) is 0 Å². The molecule has 10 heteroatoms. The number of anilines is 2. The average molecular weight is 496 g/mol. The summed E-state index contributed by atoms with van der Waals surface area (Å²) in [5.74, 6) is -2.01. The van der Waals surface area contributed by atoms with Crippen LogP contribution in [0.4, 0.5) is 26.0 Å². The van der Waals surface area contributed by atoms with Crippen molar-refractivity contribution in [2.45, 2.75) is 0 Å². The quantitative estimate of drug-likeness (QED) is 0.499. The number of nitrogens with zero attached hydrogens (tertiary/aromatic N) is 4. The Morgan fingerprint density at radius 2 is 1.94 bits per heavy atom. The number of hydrogen-bond donors (Lipinski definition) is 2. The van der Waals surface area contributed by atoms with Crippen molar-refractivity contribution in [3.05, 3.63) is 65.9 Å². The van der Waals surface area contributed by atoms with E-state index < -0.39 is 17.4 Å². The fraction of sp³-hybridized carbons (Fsp3) is 0.160. The zero-order chi connectivity index (χ0) is 24.9. The molecule has 2 N–H and O–H groups in total. The first-order valence-electron chi connectivity index (χ1n) is 10.8. The normalized spacial score (nSPS) is 15.2. The number of aromatic hydroxyl groups is 1. The van der Waals surface area contributed by atoms with Gasteiger partial charge in [0.1, 0.15) is 22.8 Å². The number of fused-ring (bicyclic) bond motifs is 2. The summed E-state index contributed by atoms with van der Waals surface area (Å²) in [6, 6.07) is 5.20. The Bertz CT molecular complexity index is 1430. The molecule has 3 heterocycles. The molecule has 0 saturated carbocycles. The van der Waals surface area contributed by atoms with Crippen LogP contribution in [0.5, 0.6) is 5.75 Å². The van der Waals surface area contributed by atoms with E-state index in [9.17, 15) is 14.3 Å². The van der Waals surface area contributed by atoms with Crippen molar-refractivity contribution < 1.29 is 18.7 Å². The van der Waals surface area contributed by atoms with Crippen LogP contribution in [0, 0.1) is 11.6 Å². The first kappa shape index (κ1) is 22.8. The lowest BCUT2D eigenvalue weighted by atomic mass is 9.99. The van der Waals surface area contributed by atoms with E-state index >= 15 is 4.39 Å². The van der Waals surface area contributed by atoms with Gasteiger partial charge in [-0.1, -0.05) is 30.8 Å². The second kappa shape index (κ2) is 8.66. The minimum absolute atomic E-state index is 0.0669. The van der Waals surface area contributed by atoms with Crippen LogP contribution in [0.3, 0.4) is 0 Å². The standard InChI is InChI=1S/C25H20ClF2N5O2/c1-3-18(35)32-7-9-33(10-8-32)24-14-11-15(26)19(20-16(27)5-4-6-17(20)34)21(28)22(14)31-25-23(24)29-12-13(2)30-25/h3-6,11-12,34H,1-2,7-10H2,(H,30,31). The van der Waals surface area contributed by atoms with Gasteiger partial charge in [-0.3, -0.25) is 4.79 Å². The van der Waals surface area contributed by atoms with E-state index in [0.29, 0.717) is 48.6 Å². The van der Waals surface area contributed by atoms with Crippen LogP contribution in [0.25, 0.3) is 22.0 Å². The lowest BCUT2D eigenvalue weighted by Crippen LogP contribution is -2.48. The van der Waals surface area contributed by atoms with Crippen molar-refractivity contribution in [1.29, 1.82) is 0 Å². The zero-order valence-corrected chi connectivity index (χ0v) is 19.2. The van der Waals surface area contributed by atoms with E-state index in [2.05, 4.69) is 28.5 Å². The van der Waals surface area contributed by atoms with Crippen LogP contribution in [0.15, 0.2) is 54.2 Å². The van der Waals surface area contributed by atoms with Gasteiger partial charge in [0.05, 0.1) is 28.2 Å². The molecule has 1 fully saturated rings. The Morgan fingerprint density at radius 3 is 2.63 bits per heavy atom. The van der Waals surface area contributed by atoms with E-state index in [1.807, 2.05) is 4.90 Å². The minimum atomic E-state index is -0.876. The van der Waals surface area contributed by atoms with E-state index in [1.165, 1.54) is 24.3 Å². The van der Waals surface area contributed by atoms with E-state index in [1.54, 1.807) is 11.1 Å². The van der Waals surface area contributed by atoms with Crippen LogP contribution in [-0.2, 0) is 4.79 Å². The number of aliphatic imine (C=N–C) groups is 1. The molecule has 178 valence electrons. The molecule has 3 aromatic rings. The SMILES string of the molecule is C=CC(=O)N1CCN(c2c3c(nc4c(F)c(-c5c(O)cccc5F)c(Cl)cc24)NC(=C)C=N3)CC1. The van der Waals surface area contributed by atoms with Crippen LogP contribution < -0.4 is 10.2 Å². The molecule has 2 aliphatic rings. The van der Waals surface area contributed by atoms with Gasteiger partial charge in [0.15, 0.2) is 11.6 Å². The molecule has 0 spiro atoms. The molecule has 7 nitrogen and oxygen atoms in total. The number of hydrogen-bond acceptors (Lipinski definition) is 6. The lowest BCUT2D eigenvalue weighted by Gasteiger charge is -2.37. The maximum absolute atomic E-state index is 16.0. The molecular weight excluding hydrogens is 476 g/mol. The molecule has 2 aliphatic heterocycles. The number of benzene rings is 2. The van der Waals surface area contributed by atoms with Gasteiger partial charge in [-0.2, -0.15) is 0 Å². The van der Waals surface area contributed by atoms with Gasteiger partial charge >= 0.3 is 0 Å². The molecule has 1 aromatic heterocycles. The van der Waals surface area contributed by atoms with E-state index in [0.717, 1.165) is 6.07 Å². The van der Waals surface area contributed by atoms with Crippen molar-refractivity contribution in [1.82, 2.24) is 9.88 Å². The Labute approximate surface area is 204 Å². The molecule has 0 aliphatic carbocycles. The molecular formula is C25H20ClF2N5O2. The smallest absolute Gasteiger partial charge is 0.246 e. The van der Waals surface area contributed by atoms with Gasteiger partial charge < -0.3 is 20.2 Å². The molecule has 0 atom stereocenters. The molecule has 2 aromatic carbocycles. The number of pyridine rings is 1. The number of carbonyl (C=O) groups excluding carboxylic acids is 1. The highest BCUT2D eigenvalue weighted by Gasteiger charge is 2.30. The zero-order valence-electron chi connectivity index (χ0n) is 18.5. The predicted molar refractivity (Wildman–Crippen MR) is 134 cm³/mol. The third kappa shape index (κ3) is 3.77. The van der Waals surface area contributed by atoms with Crippen LogP contribution in [0.1, 0.15) is 0 Å². The van der Waals surface area contributed by atoms with Crippen LogP contribution in [-0.4, -0.2) is 53.3 Å². The number of nitrogens with one attached hydrogen (secondary N) is 1. The van der Waals surface area contributed by atoms with Crippen LogP contribution >= 0.6 is 11.6 Å². The fourth-order valence-corrected chi connectivity index (χ4v) is 4.71. The maximum Gasteiger partial charge on any atom is 0.246 e. The second-order valence-electron chi connectivity index (χ2n) is 8.16. The van der Waals surface area contributed by atoms with Gasteiger partial charge in [0.2, 0.25) is 5.91 Å². The molecule has 0 bridgehead atoms. The first-order valence-corrected chi connectivity index (χ1v) is 11.2. The van der Waals surface area contributed by atoms with Crippen molar-refractivity contribution in [2.24, 2.45) is 4.99 Å². The van der Waals surface area contributed by atoms with Gasteiger partial charge in [-0.05, 0) is 24.3 Å². The highest BCUT2D eigenvalue weighted by Crippen LogP contribution is 2.47. The number of carbonyl (C=O) groups is 1. The third-order valence-corrected chi connectivity index (χ3v) is 6.37. The third-order valence-electron chi connectivity index (χ3n) is 6.07. The Kier molecular flexibility index (Phi) is 5.64. The van der Waals surface area contributed by atoms with Crippen molar-refractivity contribution in [3.8, 4) is 16.9 Å².